The number of ether oxygens (including phenoxy) is 2. The molecular formula is C18H32O6. The van der Waals surface area contributed by atoms with Crippen LogP contribution in [0.4, 0.5) is 0 Å². The minimum atomic E-state index is -1.52. The van der Waals surface area contributed by atoms with Gasteiger partial charge in [0.1, 0.15) is 6.10 Å². The van der Waals surface area contributed by atoms with Gasteiger partial charge in [-0.05, 0) is 30.6 Å². The van der Waals surface area contributed by atoms with Crippen molar-refractivity contribution < 1.29 is 29.9 Å². The molecule has 0 aromatic heterocycles. The molecule has 0 radical (unpaired) electrons. The molecule has 1 heterocycles. The Kier molecular flexibility index (Phi) is 6.82. The fraction of sp³-hybridized carbons (Fsp3) is 0.889. The fourth-order valence-electron chi connectivity index (χ4n) is 4.05. The molecule has 6 nitrogen and oxygen atoms in total. The first-order chi connectivity index (χ1) is 11.3. The summed E-state index contributed by atoms with van der Waals surface area (Å²) in [4.78, 5) is 0. The lowest BCUT2D eigenvalue weighted by atomic mass is 9.68. The summed E-state index contributed by atoms with van der Waals surface area (Å²) in [5, 5.41) is 38.7. The van der Waals surface area contributed by atoms with Gasteiger partial charge in [-0.1, -0.05) is 32.9 Å². The highest BCUT2D eigenvalue weighted by molar-refractivity contribution is 5.10. The van der Waals surface area contributed by atoms with E-state index < -0.39 is 37.3 Å². The molecule has 7 unspecified atom stereocenters. The molecule has 140 valence electrons. The van der Waals surface area contributed by atoms with E-state index in [0.29, 0.717) is 24.4 Å². The summed E-state index contributed by atoms with van der Waals surface area (Å²) in [5.41, 5.74) is 1.16. The van der Waals surface area contributed by atoms with Crippen LogP contribution in [0.5, 0.6) is 0 Å². The monoisotopic (exact) mass is 344 g/mol. The largest absolute Gasteiger partial charge is 0.396 e. The van der Waals surface area contributed by atoms with Gasteiger partial charge in [0.05, 0.1) is 25.2 Å². The van der Waals surface area contributed by atoms with Crippen molar-refractivity contribution in [3.8, 4) is 0 Å². The summed E-state index contributed by atoms with van der Waals surface area (Å²) < 4.78 is 11.0. The number of aliphatic hydroxyl groups excluding tert-OH is 4. The van der Waals surface area contributed by atoms with Gasteiger partial charge < -0.3 is 29.9 Å². The summed E-state index contributed by atoms with van der Waals surface area (Å²) >= 11 is 0. The molecule has 0 amide bonds. The molecule has 0 bridgehead atoms. The SMILES string of the molecule is C=C1C(COC2OC(O)C(O)C(O)C2CO)CC[C@H](C(C)C)C1C. The van der Waals surface area contributed by atoms with Gasteiger partial charge in [0.15, 0.2) is 12.6 Å². The van der Waals surface area contributed by atoms with Crippen LogP contribution >= 0.6 is 0 Å². The second-order valence-corrected chi connectivity index (χ2v) is 7.60. The van der Waals surface area contributed by atoms with E-state index in [1.807, 2.05) is 0 Å². The Morgan fingerprint density at radius 2 is 1.88 bits per heavy atom. The van der Waals surface area contributed by atoms with Crippen molar-refractivity contribution in [3.63, 3.8) is 0 Å². The summed E-state index contributed by atoms with van der Waals surface area (Å²) in [5.74, 6) is 1.07. The lowest BCUT2D eigenvalue weighted by Crippen LogP contribution is -2.56. The topological polar surface area (TPSA) is 99.4 Å². The van der Waals surface area contributed by atoms with E-state index in [1.165, 1.54) is 0 Å². The molecule has 2 aliphatic rings. The van der Waals surface area contributed by atoms with E-state index in [-0.39, 0.29) is 5.92 Å². The zero-order valence-corrected chi connectivity index (χ0v) is 14.8. The molecule has 1 aliphatic carbocycles. The van der Waals surface area contributed by atoms with E-state index in [1.54, 1.807) is 0 Å². The molecule has 0 spiro atoms. The Labute approximate surface area is 144 Å². The maximum absolute atomic E-state index is 9.96. The average molecular weight is 344 g/mol. The Hall–Kier alpha value is -0.500. The van der Waals surface area contributed by atoms with Crippen molar-refractivity contribution in [2.45, 2.75) is 58.4 Å². The van der Waals surface area contributed by atoms with Gasteiger partial charge >= 0.3 is 0 Å². The molecule has 2 fully saturated rings. The van der Waals surface area contributed by atoms with Gasteiger partial charge in [-0.15, -0.1) is 0 Å². The number of hydrogen-bond donors (Lipinski definition) is 4. The van der Waals surface area contributed by atoms with E-state index in [2.05, 4.69) is 27.4 Å². The van der Waals surface area contributed by atoms with Crippen molar-refractivity contribution in [1.29, 1.82) is 0 Å². The van der Waals surface area contributed by atoms with E-state index in [4.69, 9.17) is 9.47 Å². The van der Waals surface area contributed by atoms with Gasteiger partial charge in [0.2, 0.25) is 0 Å². The van der Waals surface area contributed by atoms with E-state index >= 15 is 0 Å². The van der Waals surface area contributed by atoms with Crippen LogP contribution in [0.25, 0.3) is 0 Å². The summed E-state index contributed by atoms with van der Waals surface area (Å²) in [6.45, 7) is 10.9. The Bertz CT molecular complexity index is 426. The first-order valence-corrected chi connectivity index (χ1v) is 8.88. The summed E-state index contributed by atoms with van der Waals surface area (Å²) in [6.07, 6.45) is -3.11. The molecule has 1 aliphatic heterocycles. The van der Waals surface area contributed by atoms with E-state index in [9.17, 15) is 20.4 Å². The molecule has 4 N–H and O–H groups in total. The summed E-state index contributed by atoms with van der Waals surface area (Å²) in [7, 11) is 0. The molecule has 6 heteroatoms. The van der Waals surface area contributed by atoms with E-state index in [0.717, 1.165) is 18.4 Å². The van der Waals surface area contributed by atoms with Crippen LogP contribution in [0, 0.1) is 29.6 Å². The Morgan fingerprint density at radius 3 is 2.46 bits per heavy atom. The Balaban J connectivity index is 1.94. The van der Waals surface area contributed by atoms with Crippen molar-refractivity contribution in [2.75, 3.05) is 13.2 Å². The predicted octanol–water partition coefficient (Wildman–Crippen LogP) is 0.882. The molecule has 1 saturated carbocycles. The predicted molar refractivity (Wildman–Crippen MR) is 88.8 cm³/mol. The standard InChI is InChI=1S/C18H32O6/c1-9(2)13-6-5-12(10(3)11(13)4)8-23-18-14(7-19)15(20)16(21)17(22)24-18/h9,11-22H,3,5-8H2,1-2,4H3/t11?,12?,13-,14?,15?,16?,17?,18?/m1/s1. The lowest BCUT2D eigenvalue weighted by molar-refractivity contribution is -0.333. The minimum Gasteiger partial charge on any atom is -0.396 e. The van der Waals surface area contributed by atoms with Crippen molar-refractivity contribution in [3.05, 3.63) is 12.2 Å². The first-order valence-electron chi connectivity index (χ1n) is 8.88. The molecular weight excluding hydrogens is 312 g/mol. The third-order valence-corrected chi connectivity index (χ3v) is 5.83. The molecule has 2 rings (SSSR count). The first kappa shape index (κ1) is 19.8. The van der Waals surface area contributed by atoms with Gasteiger partial charge in [0, 0.05) is 5.92 Å². The average Bonchev–Trinajstić information content (AvgIpc) is 2.53. The second-order valence-electron chi connectivity index (χ2n) is 7.60. The molecule has 1 saturated heterocycles. The van der Waals surface area contributed by atoms with Crippen LogP contribution in [0.15, 0.2) is 12.2 Å². The number of rotatable bonds is 5. The zero-order valence-electron chi connectivity index (χ0n) is 14.8. The third kappa shape index (κ3) is 4.00. The second kappa shape index (κ2) is 8.25. The highest BCUT2D eigenvalue weighted by atomic mass is 16.7. The van der Waals surface area contributed by atoms with Crippen LogP contribution in [-0.4, -0.2) is 58.4 Å². The van der Waals surface area contributed by atoms with Crippen molar-refractivity contribution in [2.24, 2.45) is 29.6 Å². The maximum Gasteiger partial charge on any atom is 0.186 e. The molecule has 0 aromatic rings. The Morgan fingerprint density at radius 1 is 1.21 bits per heavy atom. The highest BCUT2D eigenvalue weighted by Crippen LogP contribution is 2.41. The fourth-order valence-corrected chi connectivity index (χ4v) is 4.05. The van der Waals surface area contributed by atoms with Gasteiger partial charge in [0.25, 0.3) is 0 Å². The van der Waals surface area contributed by atoms with Crippen LogP contribution in [0.1, 0.15) is 33.6 Å². The smallest absolute Gasteiger partial charge is 0.186 e. The molecule has 0 aromatic carbocycles. The quantitative estimate of drug-likeness (QED) is 0.553. The van der Waals surface area contributed by atoms with Crippen LogP contribution in [-0.2, 0) is 9.47 Å². The molecule has 24 heavy (non-hydrogen) atoms. The highest BCUT2D eigenvalue weighted by Gasteiger charge is 2.44. The van der Waals surface area contributed by atoms with Gasteiger partial charge in [-0.2, -0.15) is 0 Å². The number of hydrogen-bond acceptors (Lipinski definition) is 6. The van der Waals surface area contributed by atoms with Crippen molar-refractivity contribution in [1.82, 2.24) is 0 Å². The zero-order chi connectivity index (χ0) is 18.0. The maximum atomic E-state index is 9.96. The van der Waals surface area contributed by atoms with Gasteiger partial charge in [-0.3, -0.25) is 0 Å². The van der Waals surface area contributed by atoms with Crippen LogP contribution in [0.2, 0.25) is 0 Å². The van der Waals surface area contributed by atoms with Crippen molar-refractivity contribution >= 4 is 0 Å². The van der Waals surface area contributed by atoms with Gasteiger partial charge in [-0.25, -0.2) is 0 Å². The lowest BCUT2D eigenvalue weighted by Gasteiger charge is -2.42. The normalized spacial score (nSPS) is 44.1. The summed E-state index contributed by atoms with van der Waals surface area (Å²) in [6, 6.07) is 0. The minimum absolute atomic E-state index is 0.194. The number of aliphatic hydroxyl groups is 4. The third-order valence-electron chi connectivity index (χ3n) is 5.83. The molecule has 8 atom stereocenters. The van der Waals surface area contributed by atoms with Crippen LogP contribution < -0.4 is 0 Å². The van der Waals surface area contributed by atoms with Crippen LogP contribution in [0.3, 0.4) is 0 Å².